The fraction of sp³-hybridized carbons (Fsp3) is 0.333. The zero-order valence-electron chi connectivity index (χ0n) is 10.0. The van der Waals surface area contributed by atoms with Crippen molar-refractivity contribution in [3.05, 3.63) is 46.8 Å². The molecule has 96 valence electrons. The molecule has 1 heterocycles. The first kappa shape index (κ1) is 13.0. The van der Waals surface area contributed by atoms with Crippen LogP contribution in [0, 0.1) is 5.82 Å². The van der Waals surface area contributed by atoms with Gasteiger partial charge in [0, 0.05) is 31.6 Å². The second-order valence-electron chi connectivity index (χ2n) is 4.06. The monoisotopic (exact) mass is 268 g/mol. The summed E-state index contributed by atoms with van der Waals surface area (Å²) in [5.41, 5.74) is 0.831. The average molecular weight is 269 g/mol. The molecule has 2 rings (SSSR count). The molecule has 0 atom stereocenters. The van der Waals surface area contributed by atoms with E-state index in [1.807, 2.05) is 11.6 Å². The van der Waals surface area contributed by atoms with Crippen LogP contribution in [0.25, 0.3) is 0 Å². The number of aryl methyl sites for hydroxylation is 1. The van der Waals surface area contributed by atoms with Gasteiger partial charge in [0.1, 0.15) is 18.0 Å². The number of hydrogen-bond acceptors (Lipinski definition) is 3. The van der Waals surface area contributed by atoms with Gasteiger partial charge in [-0.3, -0.25) is 0 Å². The molecule has 0 aliphatic heterocycles. The maximum atomic E-state index is 13.1. The molecule has 4 nitrogen and oxygen atoms in total. The number of benzene rings is 1. The molecule has 18 heavy (non-hydrogen) atoms. The van der Waals surface area contributed by atoms with Crippen molar-refractivity contribution < 1.29 is 4.39 Å². The molecule has 0 fully saturated rings. The van der Waals surface area contributed by atoms with Crippen LogP contribution in [-0.4, -0.2) is 21.3 Å². The SMILES string of the molecule is Cn1cnnc1CCNCc1cc(F)cc(Cl)c1. The van der Waals surface area contributed by atoms with Crippen molar-refractivity contribution in [3.63, 3.8) is 0 Å². The van der Waals surface area contributed by atoms with Crippen molar-refractivity contribution in [3.8, 4) is 0 Å². The summed E-state index contributed by atoms with van der Waals surface area (Å²) >= 11 is 5.78. The van der Waals surface area contributed by atoms with Gasteiger partial charge in [0.15, 0.2) is 0 Å². The maximum absolute atomic E-state index is 13.1. The Kier molecular flexibility index (Phi) is 4.28. The van der Waals surface area contributed by atoms with Crippen molar-refractivity contribution in [2.24, 2.45) is 7.05 Å². The van der Waals surface area contributed by atoms with Crippen LogP contribution in [0.1, 0.15) is 11.4 Å². The summed E-state index contributed by atoms with van der Waals surface area (Å²) < 4.78 is 15.0. The summed E-state index contributed by atoms with van der Waals surface area (Å²) in [5.74, 6) is 0.604. The second kappa shape index (κ2) is 5.93. The number of aromatic nitrogens is 3. The highest BCUT2D eigenvalue weighted by Gasteiger charge is 2.01. The van der Waals surface area contributed by atoms with Gasteiger partial charge in [-0.15, -0.1) is 10.2 Å². The fourth-order valence-corrected chi connectivity index (χ4v) is 1.92. The molecule has 0 saturated heterocycles. The van der Waals surface area contributed by atoms with Gasteiger partial charge in [0.05, 0.1) is 0 Å². The Morgan fingerprint density at radius 2 is 2.22 bits per heavy atom. The van der Waals surface area contributed by atoms with E-state index in [1.54, 1.807) is 12.4 Å². The fourth-order valence-electron chi connectivity index (χ4n) is 1.68. The van der Waals surface area contributed by atoms with E-state index in [-0.39, 0.29) is 5.82 Å². The van der Waals surface area contributed by atoms with E-state index in [2.05, 4.69) is 15.5 Å². The van der Waals surface area contributed by atoms with Gasteiger partial charge in [0.25, 0.3) is 0 Å². The second-order valence-corrected chi connectivity index (χ2v) is 4.50. The minimum atomic E-state index is -0.312. The van der Waals surface area contributed by atoms with Crippen LogP contribution in [0.15, 0.2) is 24.5 Å². The third-order valence-corrected chi connectivity index (χ3v) is 2.80. The van der Waals surface area contributed by atoms with E-state index in [4.69, 9.17) is 11.6 Å². The highest BCUT2D eigenvalue weighted by atomic mass is 35.5. The van der Waals surface area contributed by atoms with Crippen LogP contribution in [0.3, 0.4) is 0 Å². The largest absolute Gasteiger partial charge is 0.321 e. The van der Waals surface area contributed by atoms with Crippen molar-refractivity contribution in [2.45, 2.75) is 13.0 Å². The number of halogens is 2. The highest BCUT2D eigenvalue weighted by Crippen LogP contribution is 2.13. The Morgan fingerprint density at radius 3 is 2.89 bits per heavy atom. The van der Waals surface area contributed by atoms with Crippen molar-refractivity contribution in [1.82, 2.24) is 20.1 Å². The van der Waals surface area contributed by atoms with Crippen LogP contribution < -0.4 is 5.32 Å². The van der Waals surface area contributed by atoms with E-state index >= 15 is 0 Å². The summed E-state index contributed by atoms with van der Waals surface area (Å²) in [7, 11) is 1.90. The van der Waals surface area contributed by atoms with E-state index in [0.29, 0.717) is 11.6 Å². The first-order valence-corrected chi connectivity index (χ1v) is 6.01. The number of nitrogens with one attached hydrogen (secondary N) is 1. The summed E-state index contributed by atoms with van der Waals surface area (Å²) in [6, 6.07) is 4.52. The van der Waals surface area contributed by atoms with Gasteiger partial charge in [-0.05, 0) is 23.8 Å². The number of rotatable bonds is 5. The van der Waals surface area contributed by atoms with Gasteiger partial charge in [-0.25, -0.2) is 4.39 Å². The predicted octanol–water partition coefficient (Wildman–Crippen LogP) is 1.94. The zero-order chi connectivity index (χ0) is 13.0. The molecule has 0 saturated carbocycles. The van der Waals surface area contributed by atoms with Crippen LogP contribution in [-0.2, 0) is 20.0 Å². The van der Waals surface area contributed by atoms with Crippen LogP contribution in [0.2, 0.25) is 5.02 Å². The first-order valence-electron chi connectivity index (χ1n) is 5.64. The molecule has 0 aliphatic carbocycles. The Morgan fingerprint density at radius 1 is 1.39 bits per heavy atom. The van der Waals surface area contributed by atoms with Crippen LogP contribution in [0.5, 0.6) is 0 Å². The number of hydrogen-bond donors (Lipinski definition) is 1. The van der Waals surface area contributed by atoms with Gasteiger partial charge >= 0.3 is 0 Å². The van der Waals surface area contributed by atoms with Crippen LogP contribution in [0.4, 0.5) is 4.39 Å². The molecule has 2 aromatic rings. The van der Waals surface area contributed by atoms with Gasteiger partial charge < -0.3 is 9.88 Å². The molecular formula is C12H14ClFN4. The topological polar surface area (TPSA) is 42.7 Å². The third kappa shape index (κ3) is 3.51. The van der Waals surface area contributed by atoms with Gasteiger partial charge in [0.2, 0.25) is 0 Å². The minimum Gasteiger partial charge on any atom is -0.321 e. The Hall–Kier alpha value is -1.46. The highest BCUT2D eigenvalue weighted by molar-refractivity contribution is 6.30. The zero-order valence-corrected chi connectivity index (χ0v) is 10.8. The summed E-state index contributed by atoms with van der Waals surface area (Å²) in [4.78, 5) is 0. The molecule has 0 amide bonds. The molecule has 0 aliphatic rings. The predicted molar refractivity (Wildman–Crippen MR) is 67.8 cm³/mol. The Balaban J connectivity index is 1.80. The lowest BCUT2D eigenvalue weighted by molar-refractivity contribution is 0.617. The molecule has 1 aromatic carbocycles. The van der Waals surface area contributed by atoms with E-state index in [1.165, 1.54) is 12.1 Å². The van der Waals surface area contributed by atoms with Gasteiger partial charge in [-0.1, -0.05) is 11.6 Å². The molecule has 0 unspecified atom stereocenters. The number of nitrogens with zero attached hydrogens (tertiary/aromatic N) is 3. The molecule has 6 heteroatoms. The molecule has 1 aromatic heterocycles. The van der Waals surface area contributed by atoms with E-state index in [9.17, 15) is 4.39 Å². The quantitative estimate of drug-likeness (QED) is 0.843. The molecule has 0 radical (unpaired) electrons. The Labute approximate surface area is 110 Å². The molecule has 0 bridgehead atoms. The Bertz CT molecular complexity index is 506. The smallest absolute Gasteiger partial charge is 0.133 e. The maximum Gasteiger partial charge on any atom is 0.133 e. The summed E-state index contributed by atoms with van der Waals surface area (Å²) in [5, 5.41) is 11.4. The lowest BCUT2D eigenvalue weighted by atomic mass is 10.2. The standard InChI is InChI=1S/C12H14ClFN4/c1-18-8-16-17-12(18)2-3-15-7-9-4-10(13)6-11(14)5-9/h4-6,8,15H,2-3,7H2,1H3. The lowest BCUT2D eigenvalue weighted by Crippen LogP contribution is -2.18. The normalized spacial score (nSPS) is 10.8. The van der Waals surface area contributed by atoms with Crippen LogP contribution >= 0.6 is 11.6 Å². The molecule has 1 N–H and O–H groups in total. The average Bonchev–Trinajstić information content (AvgIpc) is 2.69. The van der Waals surface area contributed by atoms with Crippen molar-refractivity contribution in [1.29, 1.82) is 0 Å². The van der Waals surface area contributed by atoms with Gasteiger partial charge in [-0.2, -0.15) is 0 Å². The van der Waals surface area contributed by atoms with Crippen molar-refractivity contribution in [2.75, 3.05) is 6.54 Å². The molecular weight excluding hydrogens is 255 g/mol. The summed E-state index contributed by atoms with van der Waals surface area (Å²) in [6.07, 6.45) is 2.45. The first-order chi connectivity index (χ1) is 8.65. The van der Waals surface area contributed by atoms with E-state index < -0.39 is 0 Å². The van der Waals surface area contributed by atoms with E-state index in [0.717, 1.165) is 24.4 Å². The lowest BCUT2D eigenvalue weighted by Gasteiger charge is -2.05. The van der Waals surface area contributed by atoms with Crippen molar-refractivity contribution >= 4 is 11.6 Å². The minimum absolute atomic E-state index is 0.312. The molecule has 0 spiro atoms. The summed E-state index contributed by atoms with van der Waals surface area (Å²) in [6.45, 7) is 1.33. The third-order valence-electron chi connectivity index (χ3n) is 2.58.